The molecule has 3 aromatic carbocycles. The minimum absolute atomic E-state index is 0.425. The van der Waals surface area contributed by atoms with E-state index in [1.165, 1.54) is 12.7 Å². The molecule has 1 N–H and O–H groups in total. The van der Waals surface area contributed by atoms with Crippen molar-refractivity contribution in [1.29, 1.82) is 0 Å². The Hall–Kier alpha value is -3.77. The molecule has 0 heterocycles. The lowest BCUT2D eigenvalue weighted by Gasteiger charge is -2.11. The number of esters is 1. The molecular formula is C28H31NO5. The summed E-state index contributed by atoms with van der Waals surface area (Å²) in [6.07, 6.45) is 2.64. The maximum atomic E-state index is 12.5. The molecule has 0 atom stereocenters. The lowest BCUT2D eigenvalue weighted by atomic mass is 10.0. The van der Waals surface area contributed by atoms with E-state index in [1.807, 2.05) is 54.6 Å². The van der Waals surface area contributed by atoms with Gasteiger partial charge < -0.3 is 24.3 Å². The van der Waals surface area contributed by atoms with Gasteiger partial charge in [-0.3, -0.25) is 0 Å². The lowest BCUT2D eigenvalue weighted by molar-refractivity contribution is -0.133. The molecule has 0 unspecified atom stereocenters. The van der Waals surface area contributed by atoms with Crippen molar-refractivity contribution in [1.82, 2.24) is 5.32 Å². The van der Waals surface area contributed by atoms with Crippen LogP contribution in [0.5, 0.6) is 17.2 Å². The predicted octanol–water partition coefficient (Wildman–Crippen LogP) is 4.98. The van der Waals surface area contributed by atoms with Crippen LogP contribution in [0.1, 0.15) is 23.1 Å². The van der Waals surface area contributed by atoms with Crippen LogP contribution in [0.15, 0.2) is 72.8 Å². The molecule has 0 saturated carbocycles. The number of methoxy groups -OCH3 is 3. The summed E-state index contributed by atoms with van der Waals surface area (Å²) in [4.78, 5) is 12.5. The van der Waals surface area contributed by atoms with Crippen LogP contribution in [-0.4, -0.2) is 40.5 Å². The molecule has 0 spiro atoms. The Labute approximate surface area is 201 Å². The molecule has 3 rings (SSSR count). The van der Waals surface area contributed by atoms with Crippen LogP contribution in [0.25, 0.3) is 11.6 Å². The zero-order valence-corrected chi connectivity index (χ0v) is 19.9. The highest BCUT2D eigenvalue weighted by molar-refractivity contribution is 6.21. The first-order valence-electron chi connectivity index (χ1n) is 11.1. The van der Waals surface area contributed by atoms with Gasteiger partial charge in [0.05, 0.1) is 33.5 Å². The van der Waals surface area contributed by atoms with E-state index in [0.29, 0.717) is 23.7 Å². The van der Waals surface area contributed by atoms with Gasteiger partial charge >= 0.3 is 5.97 Å². The number of carbonyl (C=O) groups excluding carboxylic acids is 1. The Kier molecular flexibility index (Phi) is 9.55. The Morgan fingerprint density at radius 1 is 0.853 bits per heavy atom. The van der Waals surface area contributed by atoms with Crippen molar-refractivity contribution >= 4 is 17.6 Å². The highest BCUT2D eigenvalue weighted by atomic mass is 16.5. The van der Waals surface area contributed by atoms with Gasteiger partial charge in [-0.15, -0.1) is 0 Å². The second-order valence-corrected chi connectivity index (χ2v) is 7.58. The fourth-order valence-electron chi connectivity index (χ4n) is 3.40. The van der Waals surface area contributed by atoms with Crippen molar-refractivity contribution in [3.05, 3.63) is 89.5 Å². The molecule has 0 radical (unpaired) electrons. The Morgan fingerprint density at radius 3 is 2.15 bits per heavy atom. The first kappa shape index (κ1) is 24.9. The number of hydrogen-bond acceptors (Lipinski definition) is 6. The zero-order valence-electron chi connectivity index (χ0n) is 19.9. The molecule has 34 heavy (non-hydrogen) atoms. The molecule has 0 aliphatic rings. The average Bonchev–Trinajstić information content (AvgIpc) is 2.89. The number of benzene rings is 3. The van der Waals surface area contributed by atoms with Gasteiger partial charge in [0, 0.05) is 12.6 Å². The van der Waals surface area contributed by atoms with E-state index in [9.17, 15) is 4.79 Å². The van der Waals surface area contributed by atoms with Gasteiger partial charge in [-0.25, -0.2) is 4.79 Å². The monoisotopic (exact) mass is 461 g/mol. The molecular weight excluding hydrogens is 430 g/mol. The number of hydrogen-bond donors (Lipinski definition) is 1. The normalized spacial score (nSPS) is 11.1. The fourth-order valence-corrected chi connectivity index (χ4v) is 3.40. The minimum Gasteiger partial charge on any atom is -0.497 e. The van der Waals surface area contributed by atoms with Crippen molar-refractivity contribution in [2.75, 3.05) is 34.5 Å². The minimum atomic E-state index is -0.431. The third-order valence-electron chi connectivity index (χ3n) is 5.19. The number of ether oxygens (including phenoxy) is 4. The number of nitrogens with one attached hydrogen (secondary N) is 1. The molecule has 6 nitrogen and oxygen atoms in total. The quantitative estimate of drug-likeness (QED) is 0.178. The molecule has 3 aromatic rings. The number of carbonyl (C=O) groups is 1. The largest absolute Gasteiger partial charge is 0.497 e. The predicted molar refractivity (Wildman–Crippen MR) is 134 cm³/mol. The Balaban J connectivity index is 1.60. The van der Waals surface area contributed by atoms with Crippen molar-refractivity contribution in [2.24, 2.45) is 0 Å². The molecule has 0 aliphatic heterocycles. The second-order valence-electron chi connectivity index (χ2n) is 7.58. The standard InChI is InChI=1S/C28H31NO5/c1-31-25-16-22(17-26(19-25)32-2)18-27(28(30)33-3)23-10-12-24(13-11-23)34-15-7-14-29-20-21-8-5-4-6-9-21/h4-6,8-13,16-19,29H,7,14-15,20H2,1-3H3/b27-18+. The summed E-state index contributed by atoms with van der Waals surface area (Å²) < 4.78 is 21.5. The first-order chi connectivity index (χ1) is 16.6. The second kappa shape index (κ2) is 13.1. The lowest BCUT2D eigenvalue weighted by Crippen LogP contribution is -2.16. The zero-order chi connectivity index (χ0) is 24.2. The van der Waals surface area contributed by atoms with Crippen LogP contribution in [0.3, 0.4) is 0 Å². The molecule has 0 aromatic heterocycles. The third-order valence-corrected chi connectivity index (χ3v) is 5.19. The van der Waals surface area contributed by atoms with E-state index in [4.69, 9.17) is 18.9 Å². The maximum absolute atomic E-state index is 12.5. The summed E-state index contributed by atoms with van der Waals surface area (Å²) in [7, 11) is 4.54. The van der Waals surface area contributed by atoms with Gasteiger partial charge in [0.1, 0.15) is 17.2 Å². The summed E-state index contributed by atoms with van der Waals surface area (Å²) >= 11 is 0. The summed E-state index contributed by atoms with van der Waals surface area (Å²) in [5.74, 6) is 1.59. The summed E-state index contributed by atoms with van der Waals surface area (Å²) in [6.45, 7) is 2.31. The first-order valence-corrected chi connectivity index (χ1v) is 11.1. The van der Waals surface area contributed by atoms with Crippen LogP contribution in [0, 0.1) is 0 Å². The van der Waals surface area contributed by atoms with Crippen molar-refractivity contribution in [3.63, 3.8) is 0 Å². The van der Waals surface area contributed by atoms with Gasteiger partial charge in [-0.1, -0.05) is 42.5 Å². The molecule has 6 heteroatoms. The molecule has 0 aliphatic carbocycles. The van der Waals surface area contributed by atoms with Crippen LogP contribution >= 0.6 is 0 Å². The van der Waals surface area contributed by atoms with E-state index >= 15 is 0 Å². The molecule has 178 valence electrons. The maximum Gasteiger partial charge on any atom is 0.338 e. The van der Waals surface area contributed by atoms with Gasteiger partial charge in [0.2, 0.25) is 0 Å². The molecule has 0 saturated heterocycles. The van der Waals surface area contributed by atoms with E-state index in [1.54, 1.807) is 26.4 Å². The van der Waals surface area contributed by atoms with Crippen molar-refractivity contribution < 1.29 is 23.7 Å². The SMILES string of the molecule is COC(=O)/C(=C/c1cc(OC)cc(OC)c1)c1ccc(OCCCNCc2ccccc2)cc1. The van der Waals surface area contributed by atoms with Crippen LogP contribution in [0.2, 0.25) is 0 Å². The van der Waals surface area contributed by atoms with E-state index in [2.05, 4.69) is 17.4 Å². The van der Waals surface area contributed by atoms with Crippen molar-refractivity contribution in [3.8, 4) is 17.2 Å². The summed E-state index contributed by atoms with van der Waals surface area (Å²) in [5.41, 5.74) is 3.18. The third kappa shape index (κ3) is 7.39. The van der Waals surface area contributed by atoms with Crippen LogP contribution < -0.4 is 19.5 Å². The van der Waals surface area contributed by atoms with Crippen molar-refractivity contribution in [2.45, 2.75) is 13.0 Å². The Morgan fingerprint density at radius 2 is 1.53 bits per heavy atom. The smallest absolute Gasteiger partial charge is 0.338 e. The average molecular weight is 462 g/mol. The fraction of sp³-hybridized carbons (Fsp3) is 0.250. The summed E-state index contributed by atoms with van der Waals surface area (Å²) in [6, 6.07) is 23.2. The molecule has 0 fully saturated rings. The highest BCUT2D eigenvalue weighted by Gasteiger charge is 2.14. The topological polar surface area (TPSA) is 66.0 Å². The molecule has 0 bridgehead atoms. The summed E-state index contributed by atoms with van der Waals surface area (Å²) in [5, 5.41) is 3.41. The van der Waals surface area contributed by atoms with Gasteiger partial charge in [0.25, 0.3) is 0 Å². The van der Waals surface area contributed by atoms with Gasteiger partial charge in [0.15, 0.2) is 0 Å². The number of rotatable bonds is 12. The van der Waals surface area contributed by atoms with E-state index in [0.717, 1.165) is 36.4 Å². The van der Waals surface area contributed by atoms with E-state index < -0.39 is 5.97 Å². The van der Waals surface area contributed by atoms with Crippen LogP contribution in [-0.2, 0) is 16.1 Å². The highest BCUT2D eigenvalue weighted by Crippen LogP contribution is 2.27. The van der Waals surface area contributed by atoms with Crippen LogP contribution in [0.4, 0.5) is 0 Å². The molecule has 0 amide bonds. The van der Waals surface area contributed by atoms with Gasteiger partial charge in [-0.05, 0) is 60.0 Å². The van der Waals surface area contributed by atoms with E-state index in [-0.39, 0.29) is 0 Å². The Bertz CT molecular complexity index is 1060. The van der Waals surface area contributed by atoms with Gasteiger partial charge in [-0.2, -0.15) is 0 Å².